The number of hydrogen-bond acceptors (Lipinski definition) is 4. The second kappa shape index (κ2) is 8.19. The molecule has 0 radical (unpaired) electrons. The Morgan fingerprint density at radius 3 is 2.79 bits per heavy atom. The highest BCUT2D eigenvalue weighted by atomic mass is 19.1. The number of likely N-dealkylation sites (N-methyl/N-ethyl adjacent to an activating group) is 1. The maximum atomic E-state index is 13.9. The first-order valence-electron chi connectivity index (χ1n) is 9.73. The minimum atomic E-state index is -0.280. The highest BCUT2D eigenvalue weighted by Crippen LogP contribution is 2.37. The van der Waals surface area contributed by atoms with Gasteiger partial charge in [0.05, 0.1) is 6.54 Å². The Balaban J connectivity index is 1.42. The Kier molecular flexibility index (Phi) is 5.48. The third-order valence-corrected chi connectivity index (χ3v) is 5.44. The van der Waals surface area contributed by atoms with E-state index in [4.69, 9.17) is 9.47 Å². The van der Waals surface area contributed by atoms with Gasteiger partial charge in [0, 0.05) is 25.2 Å². The van der Waals surface area contributed by atoms with Crippen LogP contribution in [0, 0.1) is 5.82 Å². The number of amides is 1. The number of ether oxygens (including phenoxy) is 2. The number of likely N-dealkylation sites (tertiary alicyclic amines) is 1. The summed E-state index contributed by atoms with van der Waals surface area (Å²) in [4.78, 5) is 16.5. The van der Waals surface area contributed by atoms with Crippen LogP contribution in [-0.2, 0) is 11.3 Å². The number of nitrogens with zero attached hydrogens (tertiary/aromatic N) is 2. The van der Waals surface area contributed by atoms with E-state index in [1.807, 2.05) is 12.1 Å². The van der Waals surface area contributed by atoms with E-state index in [0.29, 0.717) is 25.3 Å². The molecule has 1 atom stereocenters. The third kappa shape index (κ3) is 3.97. The van der Waals surface area contributed by atoms with Crippen molar-refractivity contribution in [2.24, 2.45) is 0 Å². The van der Waals surface area contributed by atoms with Gasteiger partial charge in [0.1, 0.15) is 19.0 Å². The number of benzene rings is 2. The molecule has 4 rings (SSSR count). The molecule has 2 heterocycles. The molecule has 1 amide bonds. The van der Waals surface area contributed by atoms with Crippen molar-refractivity contribution in [1.82, 2.24) is 9.80 Å². The van der Waals surface area contributed by atoms with Gasteiger partial charge in [-0.25, -0.2) is 4.39 Å². The van der Waals surface area contributed by atoms with Crippen LogP contribution in [0.3, 0.4) is 0 Å². The van der Waals surface area contributed by atoms with Gasteiger partial charge in [-0.15, -0.1) is 0 Å². The lowest BCUT2D eigenvalue weighted by atomic mass is 10.0. The molecule has 0 N–H and O–H groups in total. The van der Waals surface area contributed by atoms with Crippen molar-refractivity contribution in [1.29, 1.82) is 0 Å². The second-order valence-electron chi connectivity index (χ2n) is 7.37. The molecule has 0 aromatic heterocycles. The van der Waals surface area contributed by atoms with Gasteiger partial charge in [0.15, 0.2) is 11.5 Å². The Bertz CT molecular complexity index is 857. The molecule has 2 aromatic rings. The number of hydrogen-bond donors (Lipinski definition) is 0. The number of carbonyl (C=O) groups excluding carboxylic acids is 1. The minimum Gasteiger partial charge on any atom is -0.486 e. The zero-order chi connectivity index (χ0) is 19.5. The fourth-order valence-electron chi connectivity index (χ4n) is 3.92. The lowest BCUT2D eigenvalue weighted by molar-refractivity contribution is -0.131. The van der Waals surface area contributed by atoms with Gasteiger partial charge < -0.3 is 14.4 Å². The zero-order valence-corrected chi connectivity index (χ0v) is 16.1. The van der Waals surface area contributed by atoms with E-state index in [1.54, 1.807) is 30.1 Å². The topological polar surface area (TPSA) is 42.0 Å². The van der Waals surface area contributed by atoms with E-state index in [1.165, 1.54) is 6.07 Å². The van der Waals surface area contributed by atoms with Crippen LogP contribution < -0.4 is 9.47 Å². The monoisotopic (exact) mass is 384 g/mol. The number of fused-ring (bicyclic) bond motifs is 1. The molecule has 1 unspecified atom stereocenters. The quantitative estimate of drug-likeness (QED) is 0.793. The summed E-state index contributed by atoms with van der Waals surface area (Å²) in [5.41, 5.74) is 1.68. The number of carbonyl (C=O) groups is 1. The van der Waals surface area contributed by atoms with Crippen molar-refractivity contribution in [2.75, 3.05) is 33.4 Å². The van der Waals surface area contributed by atoms with Crippen LogP contribution in [0.25, 0.3) is 0 Å². The van der Waals surface area contributed by atoms with Crippen molar-refractivity contribution >= 4 is 5.91 Å². The Hall–Kier alpha value is -2.60. The van der Waals surface area contributed by atoms with Crippen molar-refractivity contribution in [3.8, 4) is 11.5 Å². The molecule has 6 heteroatoms. The fourth-order valence-corrected chi connectivity index (χ4v) is 3.92. The molecule has 5 nitrogen and oxygen atoms in total. The van der Waals surface area contributed by atoms with Crippen LogP contribution >= 0.6 is 0 Å². The third-order valence-electron chi connectivity index (χ3n) is 5.44. The summed E-state index contributed by atoms with van der Waals surface area (Å²) < 4.78 is 25.2. The summed E-state index contributed by atoms with van der Waals surface area (Å²) in [5.74, 6) is 1.27. The van der Waals surface area contributed by atoms with Crippen LogP contribution in [0.2, 0.25) is 0 Å². The highest BCUT2D eigenvalue weighted by Gasteiger charge is 2.29. The first-order valence-corrected chi connectivity index (χ1v) is 9.73. The average Bonchev–Trinajstić information content (AvgIpc) is 3.17. The Labute approximate surface area is 164 Å². The fraction of sp³-hybridized carbons (Fsp3) is 0.409. The SMILES string of the molecule is CN(Cc1ccccc1F)C(=O)CN1CCCC1c1ccc2c(c1)OCCO2. The first-order chi connectivity index (χ1) is 13.6. The summed E-state index contributed by atoms with van der Waals surface area (Å²) in [6.07, 6.45) is 2.05. The van der Waals surface area contributed by atoms with Crippen molar-refractivity contribution in [3.63, 3.8) is 0 Å². The van der Waals surface area contributed by atoms with Gasteiger partial charge in [-0.2, -0.15) is 0 Å². The number of rotatable bonds is 5. The van der Waals surface area contributed by atoms with Crippen LogP contribution in [0.4, 0.5) is 4.39 Å². The lowest BCUT2D eigenvalue weighted by Gasteiger charge is -2.28. The summed E-state index contributed by atoms with van der Waals surface area (Å²) in [6.45, 7) is 2.60. The molecule has 2 aliphatic rings. The molecule has 28 heavy (non-hydrogen) atoms. The summed E-state index contributed by atoms with van der Waals surface area (Å²) in [6, 6.07) is 12.8. The largest absolute Gasteiger partial charge is 0.486 e. The van der Waals surface area contributed by atoms with Crippen LogP contribution in [0.15, 0.2) is 42.5 Å². The molecule has 2 aliphatic heterocycles. The smallest absolute Gasteiger partial charge is 0.236 e. The van der Waals surface area contributed by atoms with E-state index < -0.39 is 0 Å². The van der Waals surface area contributed by atoms with Gasteiger partial charge in [-0.1, -0.05) is 24.3 Å². The molecule has 0 bridgehead atoms. The molecular weight excluding hydrogens is 359 g/mol. The maximum absolute atomic E-state index is 13.9. The van der Waals surface area contributed by atoms with Crippen molar-refractivity contribution < 1.29 is 18.7 Å². The molecule has 0 aliphatic carbocycles. The van der Waals surface area contributed by atoms with Crippen LogP contribution in [0.5, 0.6) is 11.5 Å². The summed E-state index contributed by atoms with van der Waals surface area (Å²) >= 11 is 0. The predicted octanol–water partition coefficient (Wildman–Crippen LogP) is 3.39. The average molecular weight is 384 g/mol. The van der Waals surface area contributed by atoms with Gasteiger partial charge in [0.2, 0.25) is 5.91 Å². The van der Waals surface area contributed by atoms with E-state index in [-0.39, 0.29) is 24.3 Å². The molecule has 1 fully saturated rings. The van der Waals surface area contributed by atoms with Crippen molar-refractivity contribution in [2.45, 2.75) is 25.4 Å². The second-order valence-corrected chi connectivity index (χ2v) is 7.37. The van der Waals surface area contributed by atoms with Gasteiger partial charge in [0.25, 0.3) is 0 Å². The van der Waals surface area contributed by atoms with Crippen molar-refractivity contribution in [3.05, 3.63) is 59.4 Å². The zero-order valence-electron chi connectivity index (χ0n) is 16.1. The normalized spacial score (nSPS) is 18.9. The summed E-state index contributed by atoms with van der Waals surface area (Å²) in [7, 11) is 1.73. The molecule has 2 aromatic carbocycles. The summed E-state index contributed by atoms with van der Waals surface area (Å²) in [5, 5.41) is 0. The molecule has 0 spiro atoms. The maximum Gasteiger partial charge on any atom is 0.236 e. The van der Waals surface area contributed by atoms with E-state index in [9.17, 15) is 9.18 Å². The van der Waals surface area contributed by atoms with E-state index in [2.05, 4.69) is 11.0 Å². The lowest BCUT2D eigenvalue weighted by Crippen LogP contribution is -2.38. The number of halogens is 1. The van der Waals surface area contributed by atoms with E-state index in [0.717, 1.165) is 36.4 Å². The molecular formula is C22H25FN2O3. The molecule has 148 valence electrons. The highest BCUT2D eigenvalue weighted by molar-refractivity contribution is 5.78. The minimum absolute atomic E-state index is 0.00676. The first kappa shape index (κ1) is 18.7. The van der Waals surface area contributed by atoms with Crippen LogP contribution in [-0.4, -0.2) is 49.1 Å². The van der Waals surface area contributed by atoms with Crippen LogP contribution in [0.1, 0.15) is 30.0 Å². The predicted molar refractivity (Wildman–Crippen MR) is 104 cm³/mol. The Morgan fingerprint density at radius 2 is 1.96 bits per heavy atom. The van der Waals surface area contributed by atoms with E-state index >= 15 is 0 Å². The molecule has 0 saturated carbocycles. The van der Waals surface area contributed by atoms with Gasteiger partial charge in [-0.05, 0) is 43.1 Å². The van der Waals surface area contributed by atoms with Gasteiger partial charge in [-0.3, -0.25) is 9.69 Å². The molecule has 1 saturated heterocycles. The van der Waals surface area contributed by atoms with Gasteiger partial charge >= 0.3 is 0 Å². The Morgan fingerprint density at radius 1 is 1.18 bits per heavy atom. The standard InChI is InChI=1S/C22H25FN2O3/c1-24(14-17-5-2-3-6-18(17)23)22(26)15-25-10-4-7-19(25)16-8-9-20-21(13-16)28-12-11-27-20/h2-3,5-6,8-9,13,19H,4,7,10-12,14-15H2,1H3.